The number of benzene rings is 3. The Labute approximate surface area is 268 Å². The van der Waals surface area contributed by atoms with Gasteiger partial charge < -0.3 is 15.0 Å². The number of aryl methyl sites for hydroxylation is 2. The van der Waals surface area contributed by atoms with Crippen LogP contribution in [-0.4, -0.2) is 34.6 Å². The predicted octanol–water partition coefficient (Wildman–Crippen LogP) is 5.75. The molecule has 3 heterocycles. The fraction of sp³-hybridized carbons (Fsp3) is 0.314. The molecule has 8 nitrogen and oxygen atoms in total. The van der Waals surface area contributed by atoms with Gasteiger partial charge in [-0.05, 0) is 85.5 Å². The van der Waals surface area contributed by atoms with E-state index in [9.17, 15) is 19.2 Å². The molecule has 4 aromatic rings. The molecule has 228 valence electrons. The van der Waals surface area contributed by atoms with E-state index < -0.39 is 0 Å². The van der Waals surface area contributed by atoms with Gasteiger partial charge in [-0.3, -0.25) is 24.1 Å². The molecule has 2 aliphatic carbocycles. The smallest absolute Gasteiger partial charge is 0.305 e. The van der Waals surface area contributed by atoms with Crippen LogP contribution in [0.1, 0.15) is 33.9 Å². The Bertz CT molecular complexity index is 1900. The molecule has 10 heteroatoms. The van der Waals surface area contributed by atoms with Crippen LogP contribution in [0.2, 0.25) is 0 Å². The number of rotatable bonds is 6. The van der Waals surface area contributed by atoms with Crippen molar-refractivity contribution < 1.29 is 19.1 Å². The van der Waals surface area contributed by atoms with E-state index >= 15 is 0 Å². The topological polar surface area (TPSA) is 109 Å². The summed E-state index contributed by atoms with van der Waals surface area (Å²) >= 11 is 2.92. The summed E-state index contributed by atoms with van der Waals surface area (Å²) in [6, 6.07) is 22.9. The van der Waals surface area contributed by atoms with Gasteiger partial charge in [-0.2, -0.15) is 0 Å². The van der Waals surface area contributed by atoms with E-state index in [4.69, 9.17) is 4.74 Å². The lowest BCUT2D eigenvalue weighted by Gasteiger charge is -2.43. The number of thiazole rings is 1. The molecule has 1 aromatic heterocycles. The minimum absolute atomic E-state index is 0.0426. The van der Waals surface area contributed by atoms with E-state index in [2.05, 4.69) is 10.3 Å². The van der Waals surface area contributed by atoms with Crippen molar-refractivity contribution in [3.8, 4) is 5.75 Å². The van der Waals surface area contributed by atoms with Crippen molar-refractivity contribution in [2.45, 2.75) is 36.5 Å². The zero-order valence-corrected chi connectivity index (χ0v) is 26.3. The molecule has 2 saturated carbocycles. The highest BCUT2D eigenvalue weighted by atomic mass is 32.2. The molecular weight excluding hydrogens is 607 g/mol. The summed E-state index contributed by atoms with van der Waals surface area (Å²) in [5, 5.41) is 3.85. The van der Waals surface area contributed by atoms with E-state index in [1.54, 1.807) is 11.8 Å². The highest BCUT2D eigenvalue weighted by Gasteiger charge is 2.69. The van der Waals surface area contributed by atoms with Crippen LogP contribution in [0.4, 0.5) is 11.4 Å². The van der Waals surface area contributed by atoms with Crippen molar-refractivity contribution in [1.82, 2.24) is 4.98 Å². The Morgan fingerprint density at radius 1 is 0.933 bits per heavy atom. The zero-order valence-electron chi connectivity index (χ0n) is 24.7. The van der Waals surface area contributed by atoms with Crippen LogP contribution in [0.5, 0.6) is 5.75 Å². The summed E-state index contributed by atoms with van der Waals surface area (Å²) in [6.07, 6.45) is 0.837. The van der Waals surface area contributed by atoms with Gasteiger partial charge in [0.15, 0.2) is 6.61 Å². The van der Waals surface area contributed by atoms with Gasteiger partial charge in [0.2, 0.25) is 11.8 Å². The summed E-state index contributed by atoms with van der Waals surface area (Å²) < 4.78 is 5.81. The van der Waals surface area contributed by atoms with E-state index in [-0.39, 0.29) is 70.0 Å². The standard InChI is InChI=1S/C35H31N3O5S2/c1-17-6-10-21(11-7-17)38-33(40)28-23-15-24(29(28)34(38)41)30-27(23)26(31-32(44-30)37-35(42)45-31)19-8-12-22(13-9-19)43-16-25(39)36-20-5-3-4-18(2)14-20/h3-14,23-24,26-30H,15-16H2,1-2H3,(H,36,39)(H,37,42)/t23-,24-,26+,27-,28+,29+,30-/m1/s1. The maximum atomic E-state index is 13.9. The number of H-pyrrole nitrogens is 1. The first-order valence-electron chi connectivity index (χ1n) is 15.2. The fourth-order valence-electron chi connectivity index (χ4n) is 8.18. The Morgan fingerprint density at radius 3 is 2.40 bits per heavy atom. The number of aromatic nitrogens is 1. The number of anilines is 2. The molecule has 1 saturated heterocycles. The third kappa shape index (κ3) is 4.65. The molecule has 0 unspecified atom stereocenters. The first-order chi connectivity index (χ1) is 21.8. The molecule has 4 aliphatic rings. The van der Waals surface area contributed by atoms with Gasteiger partial charge in [0.05, 0.1) is 22.5 Å². The molecule has 3 aromatic carbocycles. The minimum Gasteiger partial charge on any atom is -0.484 e. The van der Waals surface area contributed by atoms with E-state index in [0.717, 1.165) is 38.7 Å². The molecule has 45 heavy (non-hydrogen) atoms. The highest BCUT2D eigenvalue weighted by molar-refractivity contribution is 8.00. The van der Waals surface area contributed by atoms with Crippen LogP contribution >= 0.6 is 23.1 Å². The Balaban J connectivity index is 1.05. The van der Waals surface area contributed by atoms with E-state index in [0.29, 0.717) is 11.4 Å². The number of amides is 3. The number of hydrogen-bond acceptors (Lipinski definition) is 7. The van der Waals surface area contributed by atoms with Crippen molar-refractivity contribution in [3.05, 3.63) is 104 Å². The van der Waals surface area contributed by atoms with Crippen LogP contribution in [0, 0.1) is 43.4 Å². The van der Waals surface area contributed by atoms with Crippen molar-refractivity contribution in [3.63, 3.8) is 0 Å². The highest BCUT2D eigenvalue weighted by Crippen LogP contribution is 2.68. The van der Waals surface area contributed by atoms with E-state index in [1.165, 1.54) is 16.2 Å². The molecule has 7 atom stereocenters. The second kappa shape index (κ2) is 10.7. The van der Waals surface area contributed by atoms with Crippen molar-refractivity contribution >= 4 is 52.2 Å². The van der Waals surface area contributed by atoms with Crippen molar-refractivity contribution in [2.24, 2.45) is 29.6 Å². The molecule has 2 bridgehead atoms. The monoisotopic (exact) mass is 637 g/mol. The van der Waals surface area contributed by atoms with Gasteiger partial charge in [0, 0.05) is 21.7 Å². The normalized spacial score (nSPS) is 27.7. The van der Waals surface area contributed by atoms with Crippen molar-refractivity contribution in [1.29, 1.82) is 0 Å². The fourth-order valence-corrected chi connectivity index (χ4v) is 11.1. The van der Waals surface area contributed by atoms with Gasteiger partial charge in [0.25, 0.3) is 5.91 Å². The lowest BCUT2D eigenvalue weighted by Crippen LogP contribution is -2.42. The number of ether oxygens (including phenoxy) is 1. The first kappa shape index (κ1) is 28.3. The van der Waals surface area contributed by atoms with Crippen molar-refractivity contribution in [2.75, 3.05) is 16.8 Å². The Hall–Kier alpha value is -4.15. The van der Waals surface area contributed by atoms with Crippen LogP contribution in [0.25, 0.3) is 0 Å². The number of fused-ring (bicyclic) bond motifs is 9. The largest absolute Gasteiger partial charge is 0.484 e. The van der Waals surface area contributed by atoms with Gasteiger partial charge in [0.1, 0.15) is 5.75 Å². The second-order valence-electron chi connectivity index (χ2n) is 12.6. The Kier molecular flexibility index (Phi) is 6.76. The summed E-state index contributed by atoms with van der Waals surface area (Å²) in [5.41, 5.74) is 4.53. The quantitative estimate of drug-likeness (QED) is 0.261. The molecule has 0 spiro atoms. The molecular formula is C35H31N3O5S2. The number of carbonyl (C=O) groups excluding carboxylic acids is 3. The maximum Gasteiger partial charge on any atom is 0.305 e. The maximum absolute atomic E-state index is 13.9. The molecule has 0 radical (unpaired) electrons. The van der Waals surface area contributed by atoms with Crippen LogP contribution in [-0.2, 0) is 14.4 Å². The van der Waals surface area contributed by atoms with Gasteiger partial charge in [-0.1, -0.05) is 53.3 Å². The van der Waals surface area contributed by atoms with Crippen LogP contribution < -0.4 is 19.8 Å². The number of thioether (sulfide) groups is 1. The van der Waals surface area contributed by atoms with Gasteiger partial charge >= 0.3 is 4.87 Å². The molecule has 2 aliphatic heterocycles. The number of imide groups is 1. The molecule has 8 rings (SSSR count). The number of nitrogens with one attached hydrogen (secondary N) is 2. The zero-order chi connectivity index (χ0) is 31.0. The van der Waals surface area contributed by atoms with Gasteiger partial charge in [-0.15, -0.1) is 11.8 Å². The average molecular weight is 638 g/mol. The predicted molar refractivity (Wildman–Crippen MR) is 174 cm³/mol. The number of nitrogens with zero attached hydrogens (tertiary/aromatic N) is 1. The first-order valence-corrected chi connectivity index (χ1v) is 16.9. The Morgan fingerprint density at radius 2 is 1.67 bits per heavy atom. The molecule has 2 N–H and O–H groups in total. The summed E-state index contributed by atoms with van der Waals surface area (Å²) in [6.45, 7) is 3.83. The lowest BCUT2D eigenvalue weighted by atomic mass is 9.68. The van der Waals surface area contributed by atoms with Crippen LogP contribution in [0.3, 0.4) is 0 Å². The van der Waals surface area contributed by atoms with Crippen LogP contribution in [0.15, 0.2) is 82.6 Å². The average Bonchev–Trinajstić information content (AvgIpc) is 3.76. The number of carbonyl (C=O) groups is 3. The third-order valence-electron chi connectivity index (χ3n) is 9.93. The summed E-state index contributed by atoms with van der Waals surface area (Å²) in [7, 11) is 0. The molecule has 3 fully saturated rings. The molecule has 3 amide bonds. The van der Waals surface area contributed by atoms with E-state index in [1.807, 2.05) is 86.6 Å². The third-order valence-corrected chi connectivity index (χ3v) is 12.5. The number of hydrogen-bond donors (Lipinski definition) is 2. The number of aromatic amines is 1. The van der Waals surface area contributed by atoms with Gasteiger partial charge in [-0.25, -0.2) is 0 Å². The summed E-state index contributed by atoms with van der Waals surface area (Å²) in [4.78, 5) is 58.2. The second-order valence-corrected chi connectivity index (χ2v) is 14.8. The SMILES string of the molecule is Cc1ccc(N2C(=O)[C@H]3[C@H]4C[C@@H]([C@@H]3C2=O)[C@@H]2[C@H](c3ccc(OCC(=O)Nc5cccc(C)c5)cc3)c3sc(=O)[nH]c3S[C@H]42)cc1. The minimum atomic E-state index is -0.347. The summed E-state index contributed by atoms with van der Waals surface area (Å²) in [5.74, 6) is -0.392. The lowest BCUT2D eigenvalue weighted by molar-refractivity contribution is -0.123.